The predicted molar refractivity (Wildman–Crippen MR) is 58.5 cm³/mol. The monoisotopic (exact) mass is 236 g/mol. The van der Waals surface area contributed by atoms with Gasteiger partial charge in [0.1, 0.15) is 6.61 Å². The van der Waals surface area contributed by atoms with Gasteiger partial charge in [-0.15, -0.1) is 0 Å². The Morgan fingerprint density at radius 3 is 2.24 bits per heavy atom. The van der Waals surface area contributed by atoms with Gasteiger partial charge in [0.25, 0.3) is 0 Å². The van der Waals surface area contributed by atoms with Crippen LogP contribution in [0.5, 0.6) is 0 Å². The molecule has 0 spiro atoms. The lowest BCUT2D eigenvalue weighted by Crippen LogP contribution is -2.01. The minimum absolute atomic E-state index is 0.0848. The number of hydrogen-bond donors (Lipinski definition) is 0. The number of carbonyl (C=O) groups is 2. The molecule has 1 aromatic rings. The predicted octanol–water partition coefficient (Wildman–Crippen LogP) is 2.93. The van der Waals surface area contributed by atoms with Crippen LogP contribution in [0, 0.1) is 0 Å². The van der Waals surface area contributed by atoms with Gasteiger partial charge in [-0.25, -0.2) is 9.59 Å². The number of azo groups is 1. The molecule has 0 atom stereocenters. The van der Waals surface area contributed by atoms with Crippen LogP contribution in [0.2, 0.25) is 0 Å². The Hall–Kier alpha value is -2.24. The van der Waals surface area contributed by atoms with E-state index < -0.39 is 12.2 Å². The molecule has 0 unspecified atom stereocenters. The summed E-state index contributed by atoms with van der Waals surface area (Å²) < 4.78 is 9.20. The van der Waals surface area contributed by atoms with Crippen LogP contribution in [0.4, 0.5) is 9.59 Å². The quantitative estimate of drug-likeness (QED) is 0.756. The van der Waals surface area contributed by atoms with Gasteiger partial charge in [0.05, 0.1) is 6.61 Å². The van der Waals surface area contributed by atoms with Crippen LogP contribution >= 0.6 is 0 Å². The van der Waals surface area contributed by atoms with E-state index in [0.717, 1.165) is 5.56 Å². The zero-order chi connectivity index (χ0) is 12.5. The van der Waals surface area contributed by atoms with Crippen molar-refractivity contribution in [1.29, 1.82) is 0 Å². The Balaban J connectivity index is 2.33. The van der Waals surface area contributed by atoms with E-state index >= 15 is 0 Å². The molecule has 0 bridgehead atoms. The van der Waals surface area contributed by atoms with Gasteiger partial charge in [-0.2, -0.15) is 0 Å². The average molecular weight is 236 g/mol. The Bertz CT molecular complexity index is 403. The number of carbonyl (C=O) groups excluding carboxylic acids is 2. The molecule has 6 heteroatoms. The van der Waals surface area contributed by atoms with E-state index in [2.05, 4.69) is 15.0 Å². The number of nitrogens with zero attached hydrogens (tertiary/aromatic N) is 2. The largest absolute Gasteiger partial charge is 0.452 e. The second-order valence-corrected chi connectivity index (χ2v) is 2.94. The van der Waals surface area contributed by atoms with E-state index in [-0.39, 0.29) is 13.2 Å². The van der Waals surface area contributed by atoms with Gasteiger partial charge < -0.3 is 9.47 Å². The van der Waals surface area contributed by atoms with Gasteiger partial charge in [0.2, 0.25) is 0 Å². The summed E-state index contributed by atoms with van der Waals surface area (Å²) in [6.07, 6.45) is -1.84. The van der Waals surface area contributed by atoms with E-state index in [9.17, 15) is 9.59 Å². The van der Waals surface area contributed by atoms with Crippen molar-refractivity contribution in [1.82, 2.24) is 0 Å². The number of ether oxygens (including phenoxy) is 2. The molecular formula is C11H12N2O4. The maximum absolute atomic E-state index is 11.0. The van der Waals surface area contributed by atoms with Crippen LogP contribution in [0.3, 0.4) is 0 Å². The molecule has 0 heterocycles. The van der Waals surface area contributed by atoms with Crippen molar-refractivity contribution >= 4 is 12.2 Å². The second-order valence-electron chi connectivity index (χ2n) is 2.94. The summed E-state index contributed by atoms with van der Waals surface area (Å²) in [6.45, 7) is 1.89. The fourth-order valence-electron chi connectivity index (χ4n) is 0.982. The number of benzene rings is 1. The van der Waals surface area contributed by atoms with Crippen LogP contribution < -0.4 is 0 Å². The molecule has 0 aromatic heterocycles. The lowest BCUT2D eigenvalue weighted by Gasteiger charge is -1.99. The van der Waals surface area contributed by atoms with Crippen molar-refractivity contribution in [3.8, 4) is 0 Å². The fourth-order valence-corrected chi connectivity index (χ4v) is 0.982. The van der Waals surface area contributed by atoms with Crippen molar-refractivity contribution in [2.24, 2.45) is 10.2 Å². The number of hydrogen-bond acceptors (Lipinski definition) is 4. The third-order valence-electron chi connectivity index (χ3n) is 1.69. The van der Waals surface area contributed by atoms with Crippen molar-refractivity contribution in [3.05, 3.63) is 35.9 Å². The Morgan fingerprint density at radius 2 is 1.65 bits per heavy atom. The third-order valence-corrected chi connectivity index (χ3v) is 1.69. The maximum Gasteiger partial charge on any atom is 0.452 e. The molecule has 2 amide bonds. The highest BCUT2D eigenvalue weighted by molar-refractivity contribution is 5.73. The van der Waals surface area contributed by atoms with Gasteiger partial charge in [0.15, 0.2) is 0 Å². The minimum Gasteiger partial charge on any atom is -0.447 e. The molecule has 0 N–H and O–H groups in total. The fraction of sp³-hybridized carbons (Fsp3) is 0.273. The van der Waals surface area contributed by atoms with Gasteiger partial charge in [0, 0.05) is 0 Å². The van der Waals surface area contributed by atoms with E-state index in [4.69, 9.17) is 4.74 Å². The lowest BCUT2D eigenvalue weighted by atomic mass is 10.2. The van der Waals surface area contributed by atoms with E-state index in [1.165, 1.54) is 0 Å². The highest BCUT2D eigenvalue weighted by Gasteiger charge is 2.03. The molecule has 0 aliphatic rings. The van der Waals surface area contributed by atoms with Gasteiger partial charge in [-0.1, -0.05) is 40.6 Å². The zero-order valence-electron chi connectivity index (χ0n) is 9.33. The minimum atomic E-state index is -0.929. The smallest absolute Gasteiger partial charge is 0.447 e. The van der Waals surface area contributed by atoms with Crippen molar-refractivity contribution in [2.45, 2.75) is 13.5 Å². The average Bonchev–Trinajstić information content (AvgIpc) is 2.35. The second kappa shape index (κ2) is 7.10. The van der Waals surface area contributed by atoms with E-state index in [0.29, 0.717) is 0 Å². The summed E-state index contributed by atoms with van der Waals surface area (Å²) in [5.74, 6) is 0. The molecule has 6 nitrogen and oxygen atoms in total. The summed E-state index contributed by atoms with van der Waals surface area (Å²) in [5, 5.41) is 6.06. The van der Waals surface area contributed by atoms with Crippen LogP contribution in [0.25, 0.3) is 0 Å². The molecule has 90 valence electrons. The molecule has 0 aliphatic carbocycles. The Kier molecular flexibility index (Phi) is 5.36. The summed E-state index contributed by atoms with van der Waals surface area (Å²) >= 11 is 0. The SMILES string of the molecule is CCOC(=O)N=NC(=O)OCc1ccccc1. The molecular weight excluding hydrogens is 224 g/mol. The van der Waals surface area contributed by atoms with Crippen LogP contribution in [0.15, 0.2) is 40.6 Å². The molecule has 0 saturated heterocycles. The summed E-state index contributed by atoms with van der Waals surface area (Å²) in [5.41, 5.74) is 0.826. The van der Waals surface area contributed by atoms with Gasteiger partial charge in [-0.3, -0.25) is 0 Å². The normalized spacial score (nSPS) is 10.2. The molecule has 1 rings (SSSR count). The first-order valence-corrected chi connectivity index (χ1v) is 5.01. The highest BCUT2D eigenvalue weighted by Crippen LogP contribution is 2.01. The van der Waals surface area contributed by atoms with Gasteiger partial charge >= 0.3 is 12.2 Å². The zero-order valence-corrected chi connectivity index (χ0v) is 9.33. The Labute approximate surface area is 98.3 Å². The van der Waals surface area contributed by atoms with Crippen molar-refractivity contribution in [2.75, 3.05) is 6.61 Å². The third kappa shape index (κ3) is 5.41. The van der Waals surface area contributed by atoms with Crippen LogP contribution in [-0.2, 0) is 16.1 Å². The maximum atomic E-state index is 11.0. The summed E-state index contributed by atoms with van der Waals surface area (Å²) in [6, 6.07) is 9.10. The first-order chi connectivity index (χ1) is 8.22. The van der Waals surface area contributed by atoms with Crippen LogP contribution in [0.1, 0.15) is 12.5 Å². The first-order valence-electron chi connectivity index (χ1n) is 5.01. The van der Waals surface area contributed by atoms with E-state index in [1.54, 1.807) is 19.1 Å². The Morgan fingerprint density at radius 1 is 1.06 bits per heavy atom. The molecule has 0 saturated carbocycles. The molecule has 17 heavy (non-hydrogen) atoms. The van der Waals surface area contributed by atoms with Crippen LogP contribution in [-0.4, -0.2) is 18.8 Å². The first kappa shape index (κ1) is 12.8. The lowest BCUT2D eigenvalue weighted by molar-refractivity contribution is 0.144. The molecule has 0 radical (unpaired) electrons. The van der Waals surface area contributed by atoms with Crippen molar-refractivity contribution < 1.29 is 19.1 Å². The molecule has 1 aromatic carbocycles. The standard InChI is InChI=1S/C11H12N2O4/c1-2-16-10(14)12-13-11(15)17-8-9-6-4-3-5-7-9/h3-7H,2,8H2,1H3. The van der Waals surface area contributed by atoms with Crippen molar-refractivity contribution in [3.63, 3.8) is 0 Å². The highest BCUT2D eigenvalue weighted by atomic mass is 16.6. The van der Waals surface area contributed by atoms with Gasteiger partial charge in [-0.05, 0) is 12.5 Å². The topological polar surface area (TPSA) is 77.3 Å². The summed E-state index contributed by atoms with van der Waals surface area (Å²) in [7, 11) is 0. The number of rotatable bonds is 3. The molecule has 0 fully saturated rings. The number of amides is 2. The molecule has 0 aliphatic heterocycles. The summed E-state index contributed by atoms with van der Waals surface area (Å²) in [4.78, 5) is 21.8. The van der Waals surface area contributed by atoms with E-state index in [1.807, 2.05) is 18.2 Å².